The van der Waals surface area contributed by atoms with E-state index >= 15 is 0 Å². The van der Waals surface area contributed by atoms with Crippen LogP contribution in [0.3, 0.4) is 0 Å². The maximum absolute atomic E-state index is 13.8. The number of halogens is 2. The third-order valence-electron chi connectivity index (χ3n) is 4.75. The first kappa shape index (κ1) is 23.2. The molecule has 9 nitrogen and oxygen atoms in total. The predicted octanol–water partition coefficient (Wildman–Crippen LogP) is 2.77. The summed E-state index contributed by atoms with van der Waals surface area (Å²) in [4.78, 5) is 19.6. The number of anilines is 2. The molecule has 0 radical (unpaired) electrons. The second-order valence-corrected chi connectivity index (χ2v) is 10.1. The number of nitrogens with one attached hydrogen (secondary N) is 2. The van der Waals surface area contributed by atoms with Crippen molar-refractivity contribution in [2.45, 2.75) is 24.5 Å². The van der Waals surface area contributed by atoms with Crippen molar-refractivity contribution in [3.63, 3.8) is 0 Å². The van der Waals surface area contributed by atoms with Crippen LogP contribution < -0.4 is 10.0 Å². The molecule has 3 N–H and O–H groups in total. The molecule has 4 rings (SSSR count). The fourth-order valence-electron chi connectivity index (χ4n) is 3.22. The Morgan fingerprint density at radius 1 is 1.24 bits per heavy atom. The Morgan fingerprint density at radius 2 is 1.97 bits per heavy atom. The second kappa shape index (κ2) is 8.41. The zero-order valence-electron chi connectivity index (χ0n) is 17.3. The number of amides is 1. The van der Waals surface area contributed by atoms with Crippen LogP contribution in [0.15, 0.2) is 35.5 Å². The molecule has 3 aromatic rings. The van der Waals surface area contributed by atoms with E-state index in [0.29, 0.717) is 5.69 Å². The van der Waals surface area contributed by atoms with Gasteiger partial charge < -0.3 is 15.2 Å². The molecule has 0 saturated carbocycles. The quantitative estimate of drug-likeness (QED) is 0.478. The van der Waals surface area contributed by atoms with E-state index in [9.17, 15) is 27.1 Å². The molecule has 1 fully saturated rings. The average Bonchev–Trinajstić information content (AvgIpc) is 3.11. The number of hydrogen-bond donors (Lipinski definition) is 3. The number of nitrogens with zero attached hydrogens (tertiary/aromatic N) is 2. The van der Waals surface area contributed by atoms with Gasteiger partial charge >= 0.3 is 0 Å². The van der Waals surface area contributed by atoms with Crippen LogP contribution in [-0.2, 0) is 25.2 Å². The minimum Gasteiger partial charge on any atom is -0.379 e. The zero-order chi connectivity index (χ0) is 24.0. The van der Waals surface area contributed by atoms with Crippen molar-refractivity contribution in [3.8, 4) is 11.3 Å². The molecule has 1 aliphatic rings. The van der Waals surface area contributed by atoms with Crippen LogP contribution in [0.25, 0.3) is 11.3 Å². The van der Waals surface area contributed by atoms with E-state index in [1.54, 1.807) is 0 Å². The Bertz CT molecular complexity index is 1360. The minimum atomic E-state index is -4.20. The molecule has 1 saturated heterocycles. The zero-order valence-corrected chi connectivity index (χ0v) is 19.0. The largest absolute Gasteiger partial charge is 0.379 e. The summed E-state index contributed by atoms with van der Waals surface area (Å²) >= 11 is 0.854. The van der Waals surface area contributed by atoms with Gasteiger partial charge in [0.2, 0.25) is 5.91 Å². The van der Waals surface area contributed by atoms with E-state index in [-0.39, 0.29) is 51.0 Å². The lowest BCUT2D eigenvalue weighted by Gasteiger charge is -2.35. The third-order valence-corrected chi connectivity index (χ3v) is 7.44. The van der Waals surface area contributed by atoms with Crippen LogP contribution in [0.1, 0.15) is 17.4 Å². The second-order valence-electron chi connectivity index (χ2n) is 7.48. The molecule has 13 heteroatoms. The number of rotatable bonds is 6. The lowest BCUT2D eigenvalue weighted by atomic mass is 9.96. The summed E-state index contributed by atoms with van der Waals surface area (Å²) < 4.78 is 60.5. The molecule has 2 aromatic heterocycles. The number of ether oxygens (including phenoxy) is 1. The molecule has 1 aliphatic heterocycles. The summed E-state index contributed by atoms with van der Waals surface area (Å²) in [5, 5.41) is 12.9. The van der Waals surface area contributed by atoms with Gasteiger partial charge in [-0.2, -0.15) is 8.42 Å². The lowest BCUT2D eigenvalue weighted by molar-refractivity contribution is -0.182. The van der Waals surface area contributed by atoms with Gasteiger partial charge in [0, 0.05) is 12.5 Å². The Morgan fingerprint density at radius 3 is 2.55 bits per heavy atom. The Labute approximate surface area is 191 Å². The van der Waals surface area contributed by atoms with Crippen molar-refractivity contribution in [2.24, 2.45) is 0 Å². The summed E-state index contributed by atoms with van der Waals surface area (Å²) in [6.45, 7) is 2.72. The molecule has 1 aromatic carbocycles. The summed E-state index contributed by atoms with van der Waals surface area (Å²) in [7, 11) is -4.20. The average molecular weight is 497 g/mol. The van der Waals surface area contributed by atoms with Gasteiger partial charge in [0.1, 0.15) is 5.60 Å². The van der Waals surface area contributed by atoms with E-state index in [1.807, 2.05) is 0 Å². The highest BCUT2D eigenvalue weighted by Gasteiger charge is 2.43. The fourth-order valence-corrected chi connectivity index (χ4v) is 5.66. The first-order valence-corrected chi connectivity index (χ1v) is 11.8. The standard InChI is InChI=1S/C20H18F2N4O5S2/c1-10-5-13(24-11(2)27)7-23-18(10)33(29,30)26-19-25-16(12-3-4-14(21)15(22)6-12)17(32-19)20(28)8-31-9-20/h3-7,28H,8-9H2,1-2H3,(H,24,27)(H,25,26). The number of aromatic nitrogens is 2. The van der Waals surface area contributed by atoms with Crippen molar-refractivity contribution in [1.29, 1.82) is 0 Å². The van der Waals surface area contributed by atoms with Gasteiger partial charge in [-0.1, -0.05) is 11.3 Å². The number of sulfonamides is 1. The molecular formula is C20H18F2N4O5S2. The number of pyridine rings is 1. The van der Waals surface area contributed by atoms with Crippen LogP contribution >= 0.6 is 11.3 Å². The van der Waals surface area contributed by atoms with Crippen LogP contribution in [0.5, 0.6) is 0 Å². The van der Waals surface area contributed by atoms with Gasteiger partial charge in [-0.15, -0.1) is 0 Å². The highest BCUT2D eigenvalue weighted by molar-refractivity contribution is 7.92. The van der Waals surface area contributed by atoms with Gasteiger partial charge in [-0.3, -0.25) is 9.52 Å². The van der Waals surface area contributed by atoms with E-state index in [1.165, 1.54) is 32.2 Å². The van der Waals surface area contributed by atoms with Gasteiger partial charge in [0.25, 0.3) is 10.0 Å². The number of aryl methyl sites for hydroxylation is 1. The van der Waals surface area contributed by atoms with E-state index in [2.05, 4.69) is 20.0 Å². The highest BCUT2D eigenvalue weighted by Crippen LogP contribution is 2.42. The van der Waals surface area contributed by atoms with Crippen LogP contribution in [-0.4, -0.2) is 42.6 Å². The molecule has 1 amide bonds. The summed E-state index contributed by atoms with van der Waals surface area (Å²) in [5.41, 5.74) is -0.552. The van der Waals surface area contributed by atoms with Crippen molar-refractivity contribution in [1.82, 2.24) is 9.97 Å². The number of carbonyl (C=O) groups excluding carboxylic acids is 1. The number of carbonyl (C=O) groups is 1. The van der Waals surface area contributed by atoms with Gasteiger partial charge in [0.05, 0.1) is 35.7 Å². The molecule has 0 spiro atoms. The van der Waals surface area contributed by atoms with Gasteiger partial charge in [0.15, 0.2) is 21.8 Å². The van der Waals surface area contributed by atoms with Gasteiger partial charge in [-0.25, -0.2) is 18.7 Å². The van der Waals surface area contributed by atoms with E-state index < -0.39 is 27.3 Å². The number of aliphatic hydroxyl groups is 1. The Kier molecular flexibility index (Phi) is 5.90. The number of thiazole rings is 1. The molecule has 0 aliphatic carbocycles. The third kappa shape index (κ3) is 4.57. The van der Waals surface area contributed by atoms with Crippen molar-refractivity contribution < 1.29 is 31.8 Å². The normalized spacial score (nSPS) is 15.1. The molecule has 0 unspecified atom stereocenters. The summed E-state index contributed by atoms with van der Waals surface area (Å²) in [6.07, 6.45) is 1.21. The topological polar surface area (TPSA) is 131 Å². The lowest BCUT2D eigenvalue weighted by Crippen LogP contribution is -2.46. The fraction of sp³-hybridized carbons (Fsp3) is 0.250. The predicted molar refractivity (Wildman–Crippen MR) is 116 cm³/mol. The number of benzene rings is 1. The molecule has 174 valence electrons. The summed E-state index contributed by atoms with van der Waals surface area (Å²) in [5.74, 6) is -2.49. The van der Waals surface area contributed by atoms with E-state index in [0.717, 1.165) is 23.5 Å². The van der Waals surface area contributed by atoms with Gasteiger partial charge in [-0.05, 0) is 36.8 Å². The maximum atomic E-state index is 13.8. The van der Waals surface area contributed by atoms with Crippen LogP contribution in [0.2, 0.25) is 0 Å². The monoisotopic (exact) mass is 496 g/mol. The van der Waals surface area contributed by atoms with Crippen molar-refractivity contribution in [2.75, 3.05) is 23.3 Å². The molecule has 0 atom stereocenters. The molecule has 0 bridgehead atoms. The first-order chi connectivity index (χ1) is 15.5. The molecule has 33 heavy (non-hydrogen) atoms. The smallest absolute Gasteiger partial charge is 0.281 e. The minimum absolute atomic E-state index is 0.0522. The van der Waals surface area contributed by atoms with E-state index in [4.69, 9.17) is 4.74 Å². The number of hydrogen-bond acceptors (Lipinski definition) is 8. The Hall–Kier alpha value is -3.00. The first-order valence-electron chi connectivity index (χ1n) is 9.52. The van der Waals surface area contributed by atoms with Crippen molar-refractivity contribution >= 4 is 38.1 Å². The SMILES string of the molecule is CC(=O)Nc1cnc(S(=O)(=O)Nc2nc(-c3ccc(F)c(F)c3)c(C3(O)COC3)s2)c(C)c1. The Balaban J connectivity index is 1.71. The van der Waals surface area contributed by atoms with Crippen molar-refractivity contribution in [3.05, 3.63) is 52.5 Å². The summed E-state index contributed by atoms with van der Waals surface area (Å²) in [6, 6.07) is 4.58. The highest BCUT2D eigenvalue weighted by atomic mass is 32.2. The van der Waals surface area contributed by atoms with Crippen LogP contribution in [0, 0.1) is 18.6 Å². The molecule has 3 heterocycles. The molecular weight excluding hydrogens is 478 g/mol. The van der Waals surface area contributed by atoms with Crippen LogP contribution in [0.4, 0.5) is 19.6 Å². The maximum Gasteiger partial charge on any atom is 0.281 e.